The highest BCUT2D eigenvalue weighted by molar-refractivity contribution is 5.74. The predicted octanol–water partition coefficient (Wildman–Crippen LogP) is 3.20. The van der Waals surface area contributed by atoms with Crippen LogP contribution in [0.1, 0.15) is 11.1 Å². The predicted molar refractivity (Wildman–Crippen MR) is 73.7 cm³/mol. The van der Waals surface area contributed by atoms with Gasteiger partial charge in [-0.05, 0) is 36.2 Å². The molecule has 0 radical (unpaired) electrons. The lowest BCUT2D eigenvalue weighted by Crippen LogP contribution is -2.24. The largest absolute Gasteiger partial charge is 0.488 e. The van der Waals surface area contributed by atoms with Crippen LogP contribution in [0.3, 0.4) is 0 Å². The number of rotatable bonds is 2. The quantitative estimate of drug-likeness (QED) is 0.913. The lowest BCUT2D eigenvalue weighted by atomic mass is 9.97. The highest BCUT2D eigenvalue weighted by Crippen LogP contribution is 2.40. The second-order valence-electron chi connectivity index (χ2n) is 5.10. The van der Waals surface area contributed by atoms with Gasteiger partial charge in [-0.3, -0.25) is 0 Å². The van der Waals surface area contributed by atoms with E-state index in [0.29, 0.717) is 23.4 Å². The van der Waals surface area contributed by atoms with Crippen molar-refractivity contribution >= 4 is 0 Å². The molecule has 0 aromatic heterocycles. The van der Waals surface area contributed by atoms with Gasteiger partial charge in [-0.15, -0.1) is 0 Å². The summed E-state index contributed by atoms with van der Waals surface area (Å²) >= 11 is 0. The van der Waals surface area contributed by atoms with Crippen LogP contribution in [0.25, 0.3) is 11.1 Å². The number of nitrogens with two attached hydrogens (primary N) is 1. The Hall–Kier alpha value is -1.94. The lowest BCUT2D eigenvalue weighted by molar-refractivity contribution is 0.242. The molecule has 4 heteroatoms. The molecular formula is C16H15F2NO. The Balaban J connectivity index is 2.15. The molecule has 3 rings (SSSR count). The van der Waals surface area contributed by atoms with Gasteiger partial charge in [0.1, 0.15) is 23.5 Å². The molecule has 0 saturated heterocycles. The Morgan fingerprint density at radius 3 is 2.70 bits per heavy atom. The molecule has 0 bridgehead atoms. The van der Waals surface area contributed by atoms with E-state index in [0.717, 1.165) is 23.6 Å². The number of hydrogen-bond acceptors (Lipinski definition) is 2. The summed E-state index contributed by atoms with van der Waals surface area (Å²) in [5.41, 5.74) is 8.70. The Morgan fingerprint density at radius 2 is 2.00 bits per heavy atom. The average Bonchev–Trinajstić information content (AvgIpc) is 2.81. The molecule has 104 valence electrons. The van der Waals surface area contributed by atoms with Crippen LogP contribution in [0, 0.1) is 18.6 Å². The molecule has 1 aliphatic heterocycles. The van der Waals surface area contributed by atoms with Crippen LogP contribution in [0.4, 0.5) is 8.78 Å². The third-order valence-corrected chi connectivity index (χ3v) is 3.53. The van der Waals surface area contributed by atoms with Crippen molar-refractivity contribution in [1.82, 2.24) is 0 Å². The molecule has 2 nitrogen and oxygen atoms in total. The second-order valence-corrected chi connectivity index (χ2v) is 5.10. The third-order valence-electron chi connectivity index (χ3n) is 3.53. The summed E-state index contributed by atoms with van der Waals surface area (Å²) in [4.78, 5) is 0. The maximum Gasteiger partial charge on any atom is 0.134 e. The minimum Gasteiger partial charge on any atom is -0.488 e. The summed E-state index contributed by atoms with van der Waals surface area (Å²) < 4.78 is 32.8. The molecule has 0 aliphatic carbocycles. The molecular weight excluding hydrogens is 260 g/mol. The van der Waals surface area contributed by atoms with E-state index in [1.54, 1.807) is 0 Å². The van der Waals surface area contributed by atoms with Gasteiger partial charge in [-0.2, -0.15) is 0 Å². The number of benzene rings is 2. The summed E-state index contributed by atoms with van der Waals surface area (Å²) in [7, 11) is 0. The first-order chi connectivity index (χ1) is 9.58. The van der Waals surface area contributed by atoms with Gasteiger partial charge in [0, 0.05) is 30.2 Å². The van der Waals surface area contributed by atoms with Crippen LogP contribution in [0.2, 0.25) is 0 Å². The standard InChI is InChI=1S/C16H15F2NO/c1-9-4-10-6-12(8-19)20-16(10)14(5-9)13-3-2-11(17)7-15(13)18/h2-5,7,12H,6,8,19H2,1H3/t12-/m0/s1. The fourth-order valence-corrected chi connectivity index (χ4v) is 2.63. The smallest absolute Gasteiger partial charge is 0.134 e. The SMILES string of the molecule is Cc1cc2c(c(-c3ccc(F)cc3F)c1)O[C@H](CN)C2. The van der Waals surface area contributed by atoms with Crippen molar-refractivity contribution < 1.29 is 13.5 Å². The normalized spacial score (nSPS) is 16.9. The zero-order chi connectivity index (χ0) is 14.3. The number of ether oxygens (including phenoxy) is 1. The third kappa shape index (κ3) is 2.16. The van der Waals surface area contributed by atoms with Gasteiger partial charge >= 0.3 is 0 Å². The molecule has 2 aromatic carbocycles. The van der Waals surface area contributed by atoms with Crippen LogP contribution < -0.4 is 10.5 Å². The minimum absolute atomic E-state index is 0.0749. The van der Waals surface area contributed by atoms with Crippen LogP contribution in [-0.2, 0) is 6.42 Å². The Bertz CT molecular complexity index is 670. The second kappa shape index (κ2) is 4.87. The monoisotopic (exact) mass is 275 g/mol. The summed E-state index contributed by atoms with van der Waals surface area (Å²) in [5, 5.41) is 0. The van der Waals surface area contributed by atoms with E-state index in [2.05, 4.69) is 0 Å². The molecule has 1 atom stereocenters. The van der Waals surface area contributed by atoms with E-state index in [1.807, 2.05) is 19.1 Å². The summed E-state index contributed by atoms with van der Waals surface area (Å²) in [5.74, 6) is -0.509. The van der Waals surface area contributed by atoms with Crippen molar-refractivity contribution in [1.29, 1.82) is 0 Å². The summed E-state index contributed by atoms with van der Waals surface area (Å²) in [6.45, 7) is 2.36. The van der Waals surface area contributed by atoms with E-state index >= 15 is 0 Å². The van der Waals surface area contributed by atoms with Crippen molar-refractivity contribution in [3.05, 3.63) is 53.1 Å². The molecule has 20 heavy (non-hydrogen) atoms. The van der Waals surface area contributed by atoms with E-state index in [9.17, 15) is 8.78 Å². The molecule has 0 fully saturated rings. The highest BCUT2D eigenvalue weighted by Gasteiger charge is 2.26. The number of halogens is 2. The Kier molecular flexibility index (Phi) is 3.18. The molecule has 1 aliphatic rings. The van der Waals surface area contributed by atoms with Crippen LogP contribution >= 0.6 is 0 Å². The Morgan fingerprint density at radius 1 is 1.20 bits per heavy atom. The maximum absolute atomic E-state index is 14.0. The topological polar surface area (TPSA) is 35.2 Å². The van der Waals surface area contributed by atoms with Gasteiger partial charge in [0.05, 0.1) is 0 Å². The first-order valence-electron chi connectivity index (χ1n) is 6.54. The van der Waals surface area contributed by atoms with Crippen molar-refractivity contribution in [2.45, 2.75) is 19.4 Å². The Labute approximate surface area is 116 Å². The number of fused-ring (bicyclic) bond motifs is 1. The summed E-state index contributed by atoms with van der Waals surface area (Å²) in [6.07, 6.45) is 0.651. The van der Waals surface area contributed by atoms with E-state index in [-0.39, 0.29) is 6.10 Å². The maximum atomic E-state index is 14.0. The van der Waals surface area contributed by atoms with Gasteiger partial charge in [-0.25, -0.2) is 8.78 Å². The molecule has 2 aromatic rings. The van der Waals surface area contributed by atoms with Gasteiger partial charge < -0.3 is 10.5 Å². The summed E-state index contributed by atoms with van der Waals surface area (Å²) in [6, 6.07) is 7.46. The van der Waals surface area contributed by atoms with Crippen molar-refractivity contribution in [3.8, 4) is 16.9 Å². The zero-order valence-electron chi connectivity index (χ0n) is 11.1. The molecule has 1 heterocycles. The lowest BCUT2D eigenvalue weighted by Gasteiger charge is -2.12. The van der Waals surface area contributed by atoms with E-state index in [4.69, 9.17) is 10.5 Å². The average molecular weight is 275 g/mol. The molecule has 0 spiro atoms. The fourth-order valence-electron chi connectivity index (χ4n) is 2.63. The first-order valence-corrected chi connectivity index (χ1v) is 6.54. The molecule has 0 unspecified atom stereocenters. The van der Waals surface area contributed by atoms with Crippen molar-refractivity contribution in [2.24, 2.45) is 5.73 Å². The van der Waals surface area contributed by atoms with Crippen molar-refractivity contribution in [3.63, 3.8) is 0 Å². The highest BCUT2D eigenvalue weighted by atomic mass is 19.1. The van der Waals surface area contributed by atoms with E-state index < -0.39 is 11.6 Å². The van der Waals surface area contributed by atoms with Crippen LogP contribution in [-0.4, -0.2) is 12.6 Å². The number of hydrogen-bond donors (Lipinski definition) is 1. The number of aryl methyl sites for hydroxylation is 1. The first kappa shape index (κ1) is 13.1. The van der Waals surface area contributed by atoms with Gasteiger partial charge in [-0.1, -0.05) is 6.07 Å². The minimum atomic E-state index is -0.587. The van der Waals surface area contributed by atoms with Gasteiger partial charge in [0.25, 0.3) is 0 Å². The van der Waals surface area contributed by atoms with Crippen LogP contribution in [0.5, 0.6) is 5.75 Å². The fraction of sp³-hybridized carbons (Fsp3) is 0.250. The van der Waals surface area contributed by atoms with Crippen molar-refractivity contribution in [2.75, 3.05) is 6.54 Å². The molecule has 0 amide bonds. The zero-order valence-corrected chi connectivity index (χ0v) is 11.1. The molecule has 2 N–H and O–H groups in total. The van der Waals surface area contributed by atoms with Gasteiger partial charge in [0.15, 0.2) is 0 Å². The van der Waals surface area contributed by atoms with E-state index in [1.165, 1.54) is 12.1 Å². The van der Waals surface area contributed by atoms with Crippen LogP contribution in [0.15, 0.2) is 30.3 Å². The van der Waals surface area contributed by atoms with Gasteiger partial charge in [0.2, 0.25) is 0 Å². The molecule has 0 saturated carbocycles.